The molecule has 0 saturated heterocycles. The second-order valence-electron chi connectivity index (χ2n) is 5.92. The van der Waals surface area contributed by atoms with E-state index in [4.69, 9.17) is 5.26 Å². The third-order valence-corrected chi connectivity index (χ3v) is 3.96. The lowest BCUT2D eigenvalue weighted by Crippen LogP contribution is -1.91. The summed E-state index contributed by atoms with van der Waals surface area (Å²) >= 11 is 0. The van der Waals surface area contributed by atoms with Crippen molar-refractivity contribution >= 4 is 0 Å². The number of rotatable bonds is 6. The van der Waals surface area contributed by atoms with Gasteiger partial charge in [-0.1, -0.05) is 50.5 Å². The minimum absolute atomic E-state index is 0.262. The van der Waals surface area contributed by atoms with Gasteiger partial charge in [0.2, 0.25) is 0 Å². The largest absolute Gasteiger partial charge is 0.206 e. The van der Waals surface area contributed by atoms with Crippen molar-refractivity contribution in [3.05, 3.63) is 70.5 Å². The molecule has 0 unspecified atom stereocenters. The molecule has 0 fully saturated rings. The smallest absolute Gasteiger partial charge is 0.139 e. The van der Waals surface area contributed by atoms with Crippen molar-refractivity contribution in [2.45, 2.75) is 45.4 Å². The maximum absolute atomic E-state index is 14.2. The van der Waals surface area contributed by atoms with E-state index in [1.165, 1.54) is 25.7 Å². The van der Waals surface area contributed by atoms with Crippen molar-refractivity contribution in [3.8, 4) is 17.9 Å². The fraction of sp³-hybridized carbons (Fsp3) is 0.318. The van der Waals surface area contributed by atoms with Gasteiger partial charge in [-0.05, 0) is 54.8 Å². The molecule has 122 valence electrons. The molecular formula is C22H22FN. The zero-order valence-corrected chi connectivity index (χ0v) is 14.1. The first-order valence-corrected chi connectivity index (χ1v) is 8.53. The summed E-state index contributed by atoms with van der Waals surface area (Å²) in [5.74, 6) is 5.55. The van der Waals surface area contributed by atoms with Crippen LogP contribution in [0.25, 0.3) is 0 Å². The van der Waals surface area contributed by atoms with E-state index >= 15 is 0 Å². The maximum atomic E-state index is 14.2. The SMILES string of the molecule is CCCCCCCc1ccc(C#Cc2ccc(C#N)cc2)c(F)c1. The Balaban J connectivity index is 1.97. The van der Waals surface area contributed by atoms with Gasteiger partial charge in [-0.15, -0.1) is 0 Å². The fourth-order valence-electron chi connectivity index (χ4n) is 2.52. The molecule has 2 aromatic carbocycles. The van der Waals surface area contributed by atoms with E-state index in [2.05, 4.69) is 24.8 Å². The Morgan fingerprint density at radius 2 is 1.58 bits per heavy atom. The molecular weight excluding hydrogens is 297 g/mol. The first-order valence-electron chi connectivity index (χ1n) is 8.53. The van der Waals surface area contributed by atoms with Gasteiger partial charge in [0, 0.05) is 5.56 Å². The molecule has 0 aliphatic carbocycles. The van der Waals surface area contributed by atoms with Crippen LogP contribution in [0.3, 0.4) is 0 Å². The highest BCUT2D eigenvalue weighted by atomic mass is 19.1. The van der Waals surface area contributed by atoms with Crippen LogP contribution in [0.2, 0.25) is 0 Å². The molecule has 0 radical (unpaired) electrons. The van der Waals surface area contributed by atoms with Crippen molar-refractivity contribution < 1.29 is 4.39 Å². The molecule has 0 saturated carbocycles. The van der Waals surface area contributed by atoms with Crippen LogP contribution in [0, 0.1) is 29.0 Å². The molecule has 24 heavy (non-hydrogen) atoms. The van der Waals surface area contributed by atoms with E-state index in [0.29, 0.717) is 11.1 Å². The lowest BCUT2D eigenvalue weighted by Gasteiger charge is -2.03. The third kappa shape index (κ3) is 5.56. The van der Waals surface area contributed by atoms with Crippen LogP contribution >= 0.6 is 0 Å². The summed E-state index contributed by atoms with van der Waals surface area (Å²) in [5, 5.41) is 8.77. The number of aryl methyl sites for hydroxylation is 1. The van der Waals surface area contributed by atoms with Crippen molar-refractivity contribution in [2.24, 2.45) is 0 Å². The normalized spacial score (nSPS) is 9.88. The molecule has 0 aliphatic rings. The van der Waals surface area contributed by atoms with Crippen LogP contribution in [0.1, 0.15) is 61.3 Å². The minimum atomic E-state index is -0.262. The Labute approximate surface area is 144 Å². The summed E-state index contributed by atoms with van der Waals surface area (Å²) in [4.78, 5) is 0. The minimum Gasteiger partial charge on any atom is -0.206 e. The van der Waals surface area contributed by atoms with Crippen molar-refractivity contribution in [1.82, 2.24) is 0 Å². The monoisotopic (exact) mass is 319 g/mol. The summed E-state index contributed by atoms with van der Waals surface area (Å²) in [6, 6.07) is 14.3. The van der Waals surface area contributed by atoms with Crippen LogP contribution in [-0.2, 0) is 6.42 Å². The van der Waals surface area contributed by atoms with E-state index in [-0.39, 0.29) is 5.82 Å². The number of nitrogens with zero attached hydrogens (tertiary/aromatic N) is 1. The van der Waals surface area contributed by atoms with Gasteiger partial charge < -0.3 is 0 Å². The Kier molecular flexibility index (Phi) is 7.06. The first kappa shape index (κ1) is 17.8. The Bertz CT molecular complexity index is 757. The summed E-state index contributed by atoms with van der Waals surface area (Å²) < 4.78 is 14.2. The van der Waals surface area contributed by atoms with Gasteiger partial charge in [0.25, 0.3) is 0 Å². The van der Waals surface area contributed by atoms with E-state index in [1.54, 1.807) is 36.4 Å². The lowest BCUT2D eigenvalue weighted by atomic mass is 10.0. The predicted molar refractivity (Wildman–Crippen MR) is 96.0 cm³/mol. The Hall–Kier alpha value is -2.58. The summed E-state index contributed by atoms with van der Waals surface area (Å²) in [5.41, 5.74) is 2.81. The van der Waals surface area contributed by atoms with Crippen LogP contribution < -0.4 is 0 Å². The number of hydrogen-bond donors (Lipinski definition) is 0. The van der Waals surface area contributed by atoms with Gasteiger partial charge in [-0.3, -0.25) is 0 Å². The second-order valence-corrected chi connectivity index (χ2v) is 5.92. The predicted octanol–water partition coefficient (Wildman–Crippen LogP) is 5.61. The molecule has 2 rings (SSSR count). The molecule has 0 heterocycles. The lowest BCUT2D eigenvalue weighted by molar-refractivity contribution is 0.613. The van der Waals surface area contributed by atoms with Crippen molar-refractivity contribution in [3.63, 3.8) is 0 Å². The summed E-state index contributed by atoms with van der Waals surface area (Å²) in [6.45, 7) is 2.20. The fourth-order valence-corrected chi connectivity index (χ4v) is 2.52. The highest BCUT2D eigenvalue weighted by Gasteiger charge is 2.02. The zero-order valence-electron chi connectivity index (χ0n) is 14.1. The van der Waals surface area contributed by atoms with E-state index in [9.17, 15) is 4.39 Å². The Morgan fingerprint density at radius 1 is 0.875 bits per heavy atom. The number of unbranched alkanes of at least 4 members (excludes halogenated alkanes) is 4. The van der Waals surface area contributed by atoms with E-state index in [1.807, 2.05) is 6.07 Å². The molecule has 0 N–H and O–H groups in total. The van der Waals surface area contributed by atoms with E-state index in [0.717, 1.165) is 24.0 Å². The quantitative estimate of drug-likeness (QED) is 0.501. The Morgan fingerprint density at radius 3 is 2.25 bits per heavy atom. The molecule has 1 nitrogen and oxygen atoms in total. The third-order valence-electron chi connectivity index (χ3n) is 3.96. The van der Waals surface area contributed by atoms with Gasteiger partial charge in [0.15, 0.2) is 0 Å². The molecule has 0 spiro atoms. The summed E-state index contributed by atoms with van der Waals surface area (Å²) in [6.07, 6.45) is 7.00. The van der Waals surface area contributed by atoms with Gasteiger partial charge >= 0.3 is 0 Å². The molecule has 0 amide bonds. The molecule has 2 aromatic rings. The van der Waals surface area contributed by atoms with Crippen molar-refractivity contribution in [1.29, 1.82) is 5.26 Å². The average molecular weight is 319 g/mol. The molecule has 0 aromatic heterocycles. The van der Waals surface area contributed by atoms with Crippen LogP contribution in [0.5, 0.6) is 0 Å². The topological polar surface area (TPSA) is 23.8 Å². The number of hydrogen-bond acceptors (Lipinski definition) is 1. The molecule has 0 aliphatic heterocycles. The van der Waals surface area contributed by atoms with E-state index < -0.39 is 0 Å². The first-order chi connectivity index (χ1) is 11.7. The molecule has 0 bridgehead atoms. The average Bonchev–Trinajstić information content (AvgIpc) is 2.61. The van der Waals surface area contributed by atoms with Crippen molar-refractivity contribution in [2.75, 3.05) is 0 Å². The van der Waals surface area contributed by atoms with Gasteiger partial charge in [0.05, 0.1) is 17.2 Å². The number of nitriles is 1. The summed E-state index contributed by atoms with van der Waals surface area (Å²) in [7, 11) is 0. The van der Waals surface area contributed by atoms with Gasteiger partial charge in [0.1, 0.15) is 5.82 Å². The van der Waals surface area contributed by atoms with Crippen LogP contribution in [0.4, 0.5) is 4.39 Å². The van der Waals surface area contributed by atoms with Gasteiger partial charge in [-0.25, -0.2) is 4.39 Å². The van der Waals surface area contributed by atoms with Gasteiger partial charge in [-0.2, -0.15) is 5.26 Å². The molecule has 0 atom stereocenters. The number of halogens is 1. The highest BCUT2D eigenvalue weighted by Crippen LogP contribution is 2.13. The highest BCUT2D eigenvalue weighted by molar-refractivity contribution is 5.45. The second kappa shape index (κ2) is 9.53. The number of benzene rings is 2. The maximum Gasteiger partial charge on any atom is 0.139 e. The molecule has 2 heteroatoms. The van der Waals surface area contributed by atoms with Crippen LogP contribution in [-0.4, -0.2) is 0 Å². The zero-order chi connectivity index (χ0) is 17.2. The van der Waals surface area contributed by atoms with Crippen LogP contribution in [0.15, 0.2) is 42.5 Å². The standard InChI is InChI=1S/C22H22FN/c1-2-3-4-5-6-7-19-13-15-21(22(23)16-19)14-12-18-8-10-20(17-24)11-9-18/h8-11,13,15-16H,2-7H2,1H3.